The number of ether oxygens (including phenoxy) is 1. The van der Waals surface area contributed by atoms with Crippen LogP contribution in [-0.2, 0) is 9.53 Å². The lowest BCUT2D eigenvalue weighted by molar-refractivity contribution is -0.115. The summed E-state index contributed by atoms with van der Waals surface area (Å²) in [7, 11) is 0. The maximum Gasteiger partial charge on any atom is 0.407 e. The molecular formula is C10H18ClNO3S. The Hall–Kier alpha value is -0.420. The number of alkyl carbamates (subject to hydrolysis) is 1. The summed E-state index contributed by atoms with van der Waals surface area (Å²) in [5.74, 6) is 0.497. The molecule has 0 radical (unpaired) electrons. The third-order valence-electron chi connectivity index (χ3n) is 1.35. The lowest BCUT2D eigenvalue weighted by atomic mass is 10.2. The highest BCUT2D eigenvalue weighted by molar-refractivity contribution is 8.01. The van der Waals surface area contributed by atoms with Crippen LogP contribution in [0.3, 0.4) is 0 Å². The standard InChI is InChI=1S/C10H18ClNO3S/c1-7(13)8(11)16-6-5-12-9(14)15-10(2,3)4/h8H,5-6H2,1-4H3,(H,12,14). The van der Waals surface area contributed by atoms with Crippen LogP contribution in [0.1, 0.15) is 27.7 Å². The van der Waals surface area contributed by atoms with Crippen molar-refractivity contribution in [2.75, 3.05) is 12.3 Å². The summed E-state index contributed by atoms with van der Waals surface area (Å²) in [4.78, 5) is 22.0. The van der Waals surface area contributed by atoms with Gasteiger partial charge in [-0.15, -0.1) is 23.4 Å². The molecule has 16 heavy (non-hydrogen) atoms. The first-order valence-corrected chi connectivity index (χ1v) is 6.44. The first-order chi connectivity index (χ1) is 7.22. The number of hydrogen-bond acceptors (Lipinski definition) is 4. The van der Waals surface area contributed by atoms with Gasteiger partial charge in [0.2, 0.25) is 0 Å². The Morgan fingerprint density at radius 3 is 2.44 bits per heavy atom. The molecule has 4 nitrogen and oxygen atoms in total. The van der Waals surface area contributed by atoms with Crippen molar-refractivity contribution in [2.24, 2.45) is 0 Å². The van der Waals surface area contributed by atoms with Crippen molar-refractivity contribution in [3.63, 3.8) is 0 Å². The fourth-order valence-corrected chi connectivity index (χ4v) is 1.68. The molecule has 94 valence electrons. The molecular weight excluding hydrogens is 250 g/mol. The van der Waals surface area contributed by atoms with Gasteiger partial charge < -0.3 is 10.1 Å². The second-order valence-corrected chi connectivity index (χ2v) is 6.13. The highest BCUT2D eigenvalue weighted by Gasteiger charge is 2.16. The number of amides is 1. The molecule has 0 fully saturated rings. The van der Waals surface area contributed by atoms with Crippen molar-refractivity contribution in [2.45, 2.75) is 38.0 Å². The van der Waals surface area contributed by atoms with Gasteiger partial charge in [0.15, 0.2) is 5.78 Å². The lowest BCUT2D eigenvalue weighted by Crippen LogP contribution is -2.33. The zero-order valence-electron chi connectivity index (χ0n) is 10.0. The van der Waals surface area contributed by atoms with Gasteiger partial charge in [0, 0.05) is 12.3 Å². The number of nitrogens with one attached hydrogen (secondary N) is 1. The summed E-state index contributed by atoms with van der Waals surface area (Å²) in [6.07, 6.45) is -0.456. The molecule has 0 aromatic heterocycles. The van der Waals surface area contributed by atoms with E-state index in [4.69, 9.17) is 16.3 Å². The summed E-state index contributed by atoms with van der Waals surface area (Å²) in [5.41, 5.74) is -0.494. The first kappa shape index (κ1) is 15.6. The van der Waals surface area contributed by atoms with Crippen LogP contribution in [0.25, 0.3) is 0 Å². The van der Waals surface area contributed by atoms with E-state index in [-0.39, 0.29) is 5.78 Å². The highest BCUT2D eigenvalue weighted by atomic mass is 35.5. The van der Waals surface area contributed by atoms with Crippen molar-refractivity contribution in [1.29, 1.82) is 0 Å². The molecule has 0 aliphatic rings. The molecule has 0 aromatic carbocycles. The molecule has 1 amide bonds. The number of ketones is 1. The lowest BCUT2D eigenvalue weighted by Gasteiger charge is -2.19. The van der Waals surface area contributed by atoms with Crippen LogP contribution in [0.4, 0.5) is 4.79 Å². The van der Waals surface area contributed by atoms with E-state index in [0.29, 0.717) is 12.3 Å². The van der Waals surface area contributed by atoms with Crippen LogP contribution >= 0.6 is 23.4 Å². The molecule has 0 aromatic rings. The average molecular weight is 268 g/mol. The van der Waals surface area contributed by atoms with Crippen LogP contribution in [-0.4, -0.2) is 34.5 Å². The zero-order chi connectivity index (χ0) is 12.8. The summed E-state index contributed by atoms with van der Waals surface area (Å²) >= 11 is 7.00. The topological polar surface area (TPSA) is 55.4 Å². The number of thioether (sulfide) groups is 1. The van der Waals surface area contributed by atoms with E-state index in [9.17, 15) is 9.59 Å². The maximum absolute atomic E-state index is 11.2. The van der Waals surface area contributed by atoms with Crippen molar-refractivity contribution in [1.82, 2.24) is 5.32 Å². The highest BCUT2D eigenvalue weighted by Crippen LogP contribution is 2.15. The monoisotopic (exact) mass is 267 g/mol. The van der Waals surface area contributed by atoms with Gasteiger partial charge in [-0.2, -0.15) is 0 Å². The van der Waals surface area contributed by atoms with Gasteiger partial charge in [-0.25, -0.2) is 4.79 Å². The van der Waals surface area contributed by atoms with Gasteiger partial charge in [-0.3, -0.25) is 4.79 Å². The van der Waals surface area contributed by atoms with Gasteiger partial charge >= 0.3 is 6.09 Å². The predicted octanol–water partition coefficient (Wildman–Crippen LogP) is 2.40. The number of hydrogen-bond donors (Lipinski definition) is 1. The second kappa shape index (κ2) is 7.01. The van der Waals surface area contributed by atoms with Crippen molar-refractivity contribution in [3.05, 3.63) is 0 Å². The Morgan fingerprint density at radius 2 is 2.00 bits per heavy atom. The smallest absolute Gasteiger partial charge is 0.407 e. The summed E-state index contributed by atoms with van der Waals surface area (Å²) in [6.45, 7) is 7.26. The average Bonchev–Trinajstić information content (AvgIpc) is 2.08. The normalized spacial score (nSPS) is 13.1. The third-order valence-corrected chi connectivity index (χ3v) is 3.10. The number of carbonyl (C=O) groups excluding carboxylic acids is 2. The largest absolute Gasteiger partial charge is 0.444 e. The number of carbonyl (C=O) groups is 2. The molecule has 0 saturated carbocycles. The SMILES string of the molecule is CC(=O)C(Cl)SCCNC(=O)OC(C)(C)C. The Morgan fingerprint density at radius 1 is 1.44 bits per heavy atom. The number of Topliss-reactive ketones (excluding diaryl/α,β-unsaturated/α-hetero) is 1. The predicted molar refractivity (Wildman–Crippen MR) is 67.0 cm³/mol. The van der Waals surface area contributed by atoms with E-state index in [1.54, 1.807) is 20.8 Å². The fourth-order valence-electron chi connectivity index (χ4n) is 0.747. The van der Waals surface area contributed by atoms with Crippen molar-refractivity contribution < 1.29 is 14.3 Å². The Balaban J connectivity index is 3.60. The second-order valence-electron chi connectivity index (χ2n) is 4.23. The zero-order valence-corrected chi connectivity index (χ0v) is 11.6. The molecule has 0 aliphatic heterocycles. The van der Waals surface area contributed by atoms with Gasteiger partial charge in [-0.1, -0.05) is 0 Å². The van der Waals surface area contributed by atoms with Gasteiger partial charge in [-0.05, 0) is 27.7 Å². The first-order valence-electron chi connectivity index (χ1n) is 4.95. The van der Waals surface area contributed by atoms with E-state index in [2.05, 4.69) is 5.32 Å². The minimum atomic E-state index is -0.541. The molecule has 0 bridgehead atoms. The minimum absolute atomic E-state index is 0.0797. The van der Waals surface area contributed by atoms with Crippen LogP contribution in [0.15, 0.2) is 0 Å². The van der Waals surface area contributed by atoms with Gasteiger partial charge in [0.1, 0.15) is 10.3 Å². The van der Waals surface area contributed by atoms with E-state index in [1.165, 1.54) is 18.7 Å². The maximum atomic E-state index is 11.2. The molecule has 0 saturated heterocycles. The molecule has 1 N–H and O–H groups in total. The van der Waals surface area contributed by atoms with Gasteiger partial charge in [0.05, 0.1) is 0 Å². The van der Waals surface area contributed by atoms with E-state index < -0.39 is 16.4 Å². The summed E-state index contributed by atoms with van der Waals surface area (Å²) < 4.78 is 4.49. The van der Waals surface area contributed by atoms with Gasteiger partial charge in [0.25, 0.3) is 0 Å². The van der Waals surface area contributed by atoms with Crippen molar-refractivity contribution >= 4 is 35.2 Å². The molecule has 0 spiro atoms. The summed E-state index contributed by atoms with van der Waals surface area (Å²) in [6, 6.07) is 0. The fraction of sp³-hybridized carbons (Fsp3) is 0.800. The van der Waals surface area contributed by atoms with Crippen LogP contribution in [0.2, 0.25) is 0 Å². The van der Waals surface area contributed by atoms with Crippen LogP contribution in [0.5, 0.6) is 0 Å². The molecule has 6 heteroatoms. The molecule has 1 unspecified atom stereocenters. The molecule has 0 heterocycles. The number of halogens is 1. The minimum Gasteiger partial charge on any atom is -0.444 e. The van der Waals surface area contributed by atoms with Crippen LogP contribution in [0, 0.1) is 0 Å². The van der Waals surface area contributed by atoms with E-state index in [1.807, 2.05) is 0 Å². The molecule has 1 atom stereocenters. The third kappa shape index (κ3) is 8.85. The number of alkyl halides is 1. The number of rotatable bonds is 5. The Kier molecular flexibility index (Phi) is 6.83. The quantitative estimate of drug-likeness (QED) is 0.614. The summed E-state index contributed by atoms with van der Waals surface area (Å²) in [5, 5.41) is 2.58. The van der Waals surface area contributed by atoms with Crippen LogP contribution < -0.4 is 5.32 Å². The van der Waals surface area contributed by atoms with E-state index >= 15 is 0 Å². The van der Waals surface area contributed by atoms with E-state index in [0.717, 1.165) is 0 Å². The Labute approximate surface area is 105 Å². The molecule has 0 aliphatic carbocycles. The Bertz CT molecular complexity index is 253. The molecule has 0 rings (SSSR count). The van der Waals surface area contributed by atoms with Crippen molar-refractivity contribution in [3.8, 4) is 0 Å².